The summed E-state index contributed by atoms with van der Waals surface area (Å²) in [6.45, 7) is 2.97. The zero-order chi connectivity index (χ0) is 13.2. The lowest BCUT2D eigenvalue weighted by Crippen LogP contribution is -2.26. The number of carbonyl (C=O) groups excluding carboxylic acids is 1. The first-order valence-corrected chi connectivity index (χ1v) is 7.33. The minimum atomic E-state index is -0.0163. The summed E-state index contributed by atoms with van der Waals surface area (Å²) in [5.74, 6) is -0.0163. The summed E-state index contributed by atoms with van der Waals surface area (Å²) >= 11 is 1.66. The van der Waals surface area contributed by atoms with Gasteiger partial charge in [0.15, 0.2) is 0 Å². The quantitative estimate of drug-likeness (QED) is 0.901. The third-order valence-electron chi connectivity index (χ3n) is 3.40. The van der Waals surface area contributed by atoms with Crippen LogP contribution in [-0.4, -0.2) is 12.5 Å². The standard InChI is InChI=1S/C15H16N2OS/c1-10(14-3-2-8-19-14)17-15(18)12-5-4-11-6-7-16-13(11)9-12/h2-5,8-10,16H,6-7H2,1H3,(H,17,18)/t10-/m1/s1. The number of fused-ring (bicyclic) bond motifs is 1. The molecule has 0 aliphatic carbocycles. The van der Waals surface area contributed by atoms with Crippen molar-refractivity contribution >= 4 is 22.9 Å². The van der Waals surface area contributed by atoms with Gasteiger partial charge in [0.05, 0.1) is 6.04 Å². The van der Waals surface area contributed by atoms with Crippen molar-refractivity contribution < 1.29 is 4.79 Å². The van der Waals surface area contributed by atoms with Gasteiger partial charge in [0, 0.05) is 22.7 Å². The summed E-state index contributed by atoms with van der Waals surface area (Å²) in [4.78, 5) is 13.4. The number of anilines is 1. The maximum Gasteiger partial charge on any atom is 0.251 e. The number of rotatable bonds is 3. The van der Waals surface area contributed by atoms with Gasteiger partial charge in [-0.2, -0.15) is 0 Å². The second-order valence-electron chi connectivity index (χ2n) is 4.76. The first-order valence-electron chi connectivity index (χ1n) is 6.45. The van der Waals surface area contributed by atoms with Crippen LogP contribution in [0.15, 0.2) is 35.7 Å². The topological polar surface area (TPSA) is 41.1 Å². The van der Waals surface area contributed by atoms with Crippen LogP contribution in [-0.2, 0) is 6.42 Å². The Labute approximate surface area is 116 Å². The molecule has 0 radical (unpaired) electrons. The Kier molecular flexibility index (Phi) is 3.25. The lowest BCUT2D eigenvalue weighted by molar-refractivity contribution is 0.0940. The van der Waals surface area contributed by atoms with Gasteiger partial charge in [-0.3, -0.25) is 4.79 Å². The fraction of sp³-hybridized carbons (Fsp3) is 0.267. The number of hydrogen-bond acceptors (Lipinski definition) is 3. The second-order valence-corrected chi connectivity index (χ2v) is 5.74. The zero-order valence-corrected chi connectivity index (χ0v) is 11.6. The maximum atomic E-state index is 12.2. The van der Waals surface area contributed by atoms with E-state index in [1.54, 1.807) is 11.3 Å². The predicted octanol–water partition coefficient (Wildman–Crippen LogP) is 3.21. The van der Waals surface area contributed by atoms with Crippen LogP contribution in [0.4, 0.5) is 5.69 Å². The van der Waals surface area contributed by atoms with Gasteiger partial charge in [-0.25, -0.2) is 0 Å². The van der Waals surface area contributed by atoms with Gasteiger partial charge >= 0.3 is 0 Å². The molecule has 1 aliphatic heterocycles. The van der Waals surface area contributed by atoms with Crippen LogP contribution in [0.2, 0.25) is 0 Å². The highest BCUT2D eigenvalue weighted by atomic mass is 32.1. The van der Waals surface area contributed by atoms with E-state index in [-0.39, 0.29) is 11.9 Å². The average molecular weight is 272 g/mol. The van der Waals surface area contributed by atoms with Gasteiger partial charge in [0.2, 0.25) is 0 Å². The molecule has 2 N–H and O–H groups in total. The Balaban J connectivity index is 1.74. The first-order chi connectivity index (χ1) is 9.24. The molecule has 19 heavy (non-hydrogen) atoms. The monoisotopic (exact) mass is 272 g/mol. The highest BCUT2D eigenvalue weighted by Crippen LogP contribution is 2.24. The average Bonchev–Trinajstić information content (AvgIpc) is 3.09. The molecule has 3 nitrogen and oxygen atoms in total. The number of carbonyl (C=O) groups is 1. The zero-order valence-electron chi connectivity index (χ0n) is 10.8. The normalized spacial score (nSPS) is 14.6. The van der Waals surface area contributed by atoms with Crippen molar-refractivity contribution in [1.29, 1.82) is 0 Å². The second kappa shape index (κ2) is 5.05. The maximum absolute atomic E-state index is 12.2. The van der Waals surface area contributed by atoms with E-state index < -0.39 is 0 Å². The van der Waals surface area contributed by atoms with Gasteiger partial charge in [0.1, 0.15) is 0 Å². The lowest BCUT2D eigenvalue weighted by atomic mass is 10.1. The summed E-state index contributed by atoms with van der Waals surface area (Å²) in [6.07, 6.45) is 1.04. The number of hydrogen-bond donors (Lipinski definition) is 2. The molecule has 0 fully saturated rings. The van der Waals surface area contributed by atoms with E-state index in [0.717, 1.165) is 24.2 Å². The summed E-state index contributed by atoms with van der Waals surface area (Å²) < 4.78 is 0. The van der Waals surface area contributed by atoms with Gasteiger partial charge in [-0.1, -0.05) is 12.1 Å². The third kappa shape index (κ3) is 2.49. The molecule has 2 aromatic rings. The minimum Gasteiger partial charge on any atom is -0.384 e. The van der Waals surface area contributed by atoms with E-state index in [0.29, 0.717) is 0 Å². The summed E-state index contributed by atoms with van der Waals surface area (Å²) in [6, 6.07) is 9.98. The molecule has 2 heterocycles. The molecule has 4 heteroatoms. The molecule has 0 saturated carbocycles. The fourth-order valence-electron chi connectivity index (χ4n) is 2.32. The van der Waals surface area contributed by atoms with Crippen LogP contribution in [0.3, 0.4) is 0 Å². The smallest absolute Gasteiger partial charge is 0.251 e. The van der Waals surface area contributed by atoms with Crippen LogP contribution in [0.5, 0.6) is 0 Å². The molecule has 0 saturated heterocycles. The van der Waals surface area contributed by atoms with Crippen molar-refractivity contribution in [2.45, 2.75) is 19.4 Å². The van der Waals surface area contributed by atoms with Gasteiger partial charge in [-0.05, 0) is 42.5 Å². The van der Waals surface area contributed by atoms with E-state index in [1.165, 1.54) is 10.4 Å². The first kappa shape index (κ1) is 12.2. The highest BCUT2D eigenvalue weighted by Gasteiger charge is 2.15. The number of amides is 1. The van der Waals surface area contributed by atoms with Crippen LogP contribution < -0.4 is 10.6 Å². The molecule has 0 spiro atoms. The van der Waals surface area contributed by atoms with E-state index >= 15 is 0 Å². The van der Waals surface area contributed by atoms with Crippen molar-refractivity contribution in [3.8, 4) is 0 Å². The van der Waals surface area contributed by atoms with Crippen molar-refractivity contribution in [3.05, 3.63) is 51.7 Å². The largest absolute Gasteiger partial charge is 0.384 e. The Morgan fingerprint density at radius 3 is 3.11 bits per heavy atom. The van der Waals surface area contributed by atoms with Crippen molar-refractivity contribution in [2.75, 3.05) is 11.9 Å². The van der Waals surface area contributed by atoms with Crippen molar-refractivity contribution in [1.82, 2.24) is 5.32 Å². The molecule has 1 aromatic heterocycles. The van der Waals surface area contributed by atoms with Gasteiger partial charge < -0.3 is 10.6 Å². The molecule has 1 atom stereocenters. The van der Waals surface area contributed by atoms with Crippen LogP contribution in [0, 0.1) is 0 Å². The Morgan fingerprint density at radius 1 is 1.42 bits per heavy atom. The molecule has 98 valence electrons. The number of thiophene rings is 1. The molecule has 3 rings (SSSR count). The van der Waals surface area contributed by atoms with E-state index in [1.807, 2.05) is 42.6 Å². The van der Waals surface area contributed by atoms with E-state index in [4.69, 9.17) is 0 Å². The van der Waals surface area contributed by atoms with E-state index in [2.05, 4.69) is 10.6 Å². The Hall–Kier alpha value is -1.81. The van der Waals surface area contributed by atoms with Crippen LogP contribution in [0.25, 0.3) is 0 Å². The molecule has 1 aromatic carbocycles. The summed E-state index contributed by atoms with van der Waals surface area (Å²) in [5.41, 5.74) is 3.11. The predicted molar refractivity (Wildman–Crippen MR) is 78.8 cm³/mol. The van der Waals surface area contributed by atoms with Crippen molar-refractivity contribution in [3.63, 3.8) is 0 Å². The molecule has 0 bridgehead atoms. The van der Waals surface area contributed by atoms with Gasteiger partial charge in [0.25, 0.3) is 5.91 Å². The Morgan fingerprint density at radius 2 is 2.32 bits per heavy atom. The number of benzene rings is 1. The molecular formula is C15H16N2OS. The molecular weight excluding hydrogens is 256 g/mol. The van der Waals surface area contributed by atoms with Crippen LogP contribution >= 0.6 is 11.3 Å². The molecule has 0 unspecified atom stereocenters. The summed E-state index contributed by atoms with van der Waals surface area (Å²) in [7, 11) is 0. The number of nitrogens with one attached hydrogen (secondary N) is 2. The molecule has 1 amide bonds. The molecule has 1 aliphatic rings. The Bertz CT molecular complexity index is 592. The van der Waals surface area contributed by atoms with Gasteiger partial charge in [-0.15, -0.1) is 11.3 Å². The van der Waals surface area contributed by atoms with Crippen molar-refractivity contribution in [2.24, 2.45) is 0 Å². The summed E-state index contributed by atoms with van der Waals surface area (Å²) in [5, 5.41) is 8.36. The minimum absolute atomic E-state index is 0.0163. The lowest BCUT2D eigenvalue weighted by Gasteiger charge is -2.12. The van der Waals surface area contributed by atoms with E-state index in [9.17, 15) is 4.79 Å². The fourth-order valence-corrected chi connectivity index (χ4v) is 3.06. The third-order valence-corrected chi connectivity index (χ3v) is 4.45. The van der Waals surface area contributed by atoms with Crippen LogP contribution in [0.1, 0.15) is 33.8 Å². The highest BCUT2D eigenvalue weighted by molar-refractivity contribution is 7.10. The SMILES string of the molecule is C[C@@H](NC(=O)c1ccc2c(c1)NCC2)c1cccs1.